The maximum atomic E-state index is 9.90. The van der Waals surface area contributed by atoms with Gasteiger partial charge in [0.05, 0.1) is 12.6 Å². The average molecular weight is 287 g/mol. The standard InChI is InChI=1S/C15H29NO4/c1-2-3-4-5-6-7-8-16-12-9-11(10-17)13(18)15(20)14(12)19/h9,12-20H,2-8,10H2,1H3/t12-,13+,14?,15?/m1/s1. The maximum absolute atomic E-state index is 9.90. The first-order valence-corrected chi connectivity index (χ1v) is 7.70. The van der Waals surface area contributed by atoms with E-state index in [9.17, 15) is 15.3 Å². The van der Waals surface area contributed by atoms with E-state index in [1.165, 1.54) is 25.7 Å². The molecule has 2 unspecified atom stereocenters. The van der Waals surface area contributed by atoms with E-state index in [0.717, 1.165) is 19.4 Å². The van der Waals surface area contributed by atoms with Crippen molar-refractivity contribution < 1.29 is 20.4 Å². The Labute approximate surface area is 121 Å². The van der Waals surface area contributed by atoms with Gasteiger partial charge in [0.2, 0.25) is 0 Å². The lowest BCUT2D eigenvalue weighted by Crippen LogP contribution is -2.54. The summed E-state index contributed by atoms with van der Waals surface area (Å²) in [5.41, 5.74) is 0.364. The summed E-state index contributed by atoms with van der Waals surface area (Å²) in [6.07, 6.45) is 5.34. The molecule has 1 rings (SSSR count). The molecule has 0 fully saturated rings. The van der Waals surface area contributed by atoms with E-state index in [4.69, 9.17) is 5.11 Å². The van der Waals surface area contributed by atoms with Crippen LogP contribution in [0.5, 0.6) is 0 Å². The average Bonchev–Trinajstić information content (AvgIpc) is 2.46. The second kappa shape index (κ2) is 9.47. The topological polar surface area (TPSA) is 93.0 Å². The molecule has 20 heavy (non-hydrogen) atoms. The SMILES string of the molecule is CCCCCCCCN[C@@H]1C=C(CO)[C@H](O)C(O)C1O. The molecule has 1 aliphatic rings. The van der Waals surface area contributed by atoms with Gasteiger partial charge in [-0.2, -0.15) is 0 Å². The highest BCUT2D eigenvalue weighted by Crippen LogP contribution is 2.20. The number of aliphatic hydroxyl groups is 4. The Morgan fingerprint density at radius 1 is 1.00 bits per heavy atom. The Bertz CT molecular complexity index is 296. The van der Waals surface area contributed by atoms with Crippen molar-refractivity contribution >= 4 is 0 Å². The zero-order chi connectivity index (χ0) is 15.0. The monoisotopic (exact) mass is 287 g/mol. The molecule has 5 N–H and O–H groups in total. The second-order valence-corrected chi connectivity index (χ2v) is 5.57. The third-order valence-electron chi connectivity index (χ3n) is 3.91. The fourth-order valence-electron chi connectivity index (χ4n) is 2.55. The van der Waals surface area contributed by atoms with Crippen LogP contribution in [0.3, 0.4) is 0 Å². The predicted octanol–water partition coefficient (Wildman–Crippen LogP) is 0.320. The number of aliphatic hydroxyl groups excluding tert-OH is 4. The van der Waals surface area contributed by atoms with Gasteiger partial charge >= 0.3 is 0 Å². The van der Waals surface area contributed by atoms with Crippen LogP contribution in [-0.2, 0) is 0 Å². The molecule has 1 aliphatic carbocycles. The number of hydrogen-bond donors (Lipinski definition) is 5. The molecular formula is C15H29NO4. The highest BCUT2D eigenvalue weighted by Gasteiger charge is 2.36. The molecule has 4 atom stereocenters. The number of unbranched alkanes of at least 4 members (excludes halogenated alkanes) is 5. The van der Waals surface area contributed by atoms with Crippen LogP contribution >= 0.6 is 0 Å². The van der Waals surface area contributed by atoms with Gasteiger partial charge in [-0.25, -0.2) is 0 Å². The van der Waals surface area contributed by atoms with Gasteiger partial charge in [0, 0.05) is 0 Å². The van der Waals surface area contributed by atoms with Crippen LogP contribution in [-0.4, -0.2) is 57.9 Å². The van der Waals surface area contributed by atoms with Crippen molar-refractivity contribution in [3.8, 4) is 0 Å². The quantitative estimate of drug-likeness (QED) is 0.311. The first-order valence-electron chi connectivity index (χ1n) is 7.70. The number of rotatable bonds is 9. The third kappa shape index (κ3) is 5.14. The summed E-state index contributed by atoms with van der Waals surface area (Å²) in [5.74, 6) is 0. The van der Waals surface area contributed by atoms with Crippen LogP contribution in [0, 0.1) is 0 Å². The Morgan fingerprint density at radius 2 is 1.65 bits per heavy atom. The Hall–Kier alpha value is -0.460. The number of hydrogen-bond acceptors (Lipinski definition) is 5. The van der Waals surface area contributed by atoms with Crippen LogP contribution in [0.15, 0.2) is 11.6 Å². The van der Waals surface area contributed by atoms with Gasteiger partial charge in [0.25, 0.3) is 0 Å². The van der Waals surface area contributed by atoms with E-state index in [1.54, 1.807) is 6.08 Å². The maximum Gasteiger partial charge on any atom is 0.111 e. The Morgan fingerprint density at radius 3 is 2.30 bits per heavy atom. The fourth-order valence-corrected chi connectivity index (χ4v) is 2.55. The van der Waals surface area contributed by atoms with Crippen molar-refractivity contribution in [1.82, 2.24) is 5.32 Å². The molecule has 5 nitrogen and oxygen atoms in total. The highest BCUT2D eigenvalue weighted by molar-refractivity contribution is 5.21. The zero-order valence-corrected chi connectivity index (χ0v) is 12.3. The van der Waals surface area contributed by atoms with Gasteiger partial charge in [-0.1, -0.05) is 45.1 Å². The van der Waals surface area contributed by atoms with E-state index in [0.29, 0.717) is 5.57 Å². The summed E-state index contributed by atoms with van der Waals surface area (Å²) >= 11 is 0. The first-order chi connectivity index (χ1) is 9.61. The lowest BCUT2D eigenvalue weighted by Gasteiger charge is -2.34. The molecule has 0 saturated carbocycles. The largest absolute Gasteiger partial charge is 0.392 e. The van der Waals surface area contributed by atoms with Gasteiger partial charge in [-0.05, 0) is 18.5 Å². The normalized spacial score (nSPS) is 30.4. The van der Waals surface area contributed by atoms with E-state index >= 15 is 0 Å². The molecule has 5 heteroatoms. The van der Waals surface area contributed by atoms with Crippen molar-refractivity contribution in [1.29, 1.82) is 0 Å². The Kier molecular flexibility index (Phi) is 8.33. The summed E-state index contributed by atoms with van der Waals surface area (Å²) in [7, 11) is 0. The van der Waals surface area contributed by atoms with Gasteiger partial charge in [0.1, 0.15) is 18.3 Å². The molecule has 0 saturated heterocycles. The minimum absolute atomic E-state index is 0.305. The molecule has 0 heterocycles. The molecule has 118 valence electrons. The van der Waals surface area contributed by atoms with E-state index in [2.05, 4.69) is 12.2 Å². The van der Waals surface area contributed by atoms with Crippen molar-refractivity contribution in [3.05, 3.63) is 11.6 Å². The first kappa shape index (κ1) is 17.6. The highest BCUT2D eigenvalue weighted by atomic mass is 16.4. The van der Waals surface area contributed by atoms with Crippen molar-refractivity contribution in [2.75, 3.05) is 13.2 Å². The summed E-state index contributed by atoms with van der Waals surface area (Å²) in [5, 5.41) is 41.6. The molecule has 0 spiro atoms. The zero-order valence-electron chi connectivity index (χ0n) is 12.3. The van der Waals surface area contributed by atoms with E-state index in [1.807, 2.05) is 0 Å². The molecule has 0 aromatic rings. The molecule has 0 aromatic carbocycles. The molecule has 0 aliphatic heterocycles. The van der Waals surface area contributed by atoms with Gasteiger partial charge in [-0.15, -0.1) is 0 Å². The fraction of sp³-hybridized carbons (Fsp3) is 0.867. The minimum atomic E-state index is -1.25. The van der Waals surface area contributed by atoms with Crippen molar-refractivity contribution in [3.63, 3.8) is 0 Å². The van der Waals surface area contributed by atoms with Crippen LogP contribution in [0.1, 0.15) is 45.4 Å². The molecule has 0 aromatic heterocycles. The predicted molar refractivity (Wildman–Crippen MR) is 78.4 cm³/mol. The minimum Gasteiger partial charge on any atom is -0.392 e. The lowest BCUT2D eigenvalue weighted by atomic mass is 9.88. The third-order valence-corrected chi connectivity index (χ3v) is 3.91. The van der Waals surface area contributed by atoms with Crippen LogP contribution < -0.4 is 5.32 Å². The van der Waals surface area contributed by atoms with Crippen LogP contribution in [0.4, 0.5) is 0 Å². The molecular weight excluding hydrogens is 258 g/mol. The molecule has 0 radical (unpaired) electrons. The molecule has 0 amide bonds. The van der Waals surface area contributed by atoms with Gasteiger partial charge < -0.3 is 25.7 Å². The second-order valence-electron chi connectivity index (χ2n) is 5.57. The summed E-state index contributed by atoms with van der Waals surface area (Å²) in [4.78, 5) is 0. The summed E-state index contributed by atoms with van der Waals surface area (Å²) in [6.45, 7) is 2.64. The van der Waals surface area contributed by atoms with Gasteiger partial charge in [-0.3, -0.25) is 0 Å². The van der Waals surface area contributed by atoms with Crippen molar-refractivity contribution in [2.45, 2.75) is 69.8 Å². The van der Waals surface area contributed by atoms with E-state index < -0.39 is 24.4 Å². The number of nitrogens with one attached hydrogen (secondary N) is 1. The van der Waals surface area contributed by atoms with Crippen molar-refractivity contribution in [2.24, 2.45) is 0 Å². The Balaban J connectivity index is 2.29. The molecule has 0 bridgehead atoms. The summed E-state index contributed by atoms with van der Waals surface area (Å²) in [6, 6.07) is -0.411. The van der Waals surface area contributed by atoms with E-state index in [-0.39, 0.29) is 6.61 Å². The summed E-state index contributed by atoms with van der Waals surface area (Å²) < 4.78 is 0. The van der Waals surface area contributed by atoms with Crippen LogP contribution in [0.25, 0.3) is 0 Å². The lowest BCUT2D eigenvalue weighted by molar-refractivity contribution is -0.0641. The van der Waals surface area contributed by atoms with Gasteiger partial charge in [0.15, 0.2) is 0 Å². The van der Waals surface area contributed by atoms with Crippen LogP contribution in [0.2, 0.25) is 0 Å². The smallest absolute Gasteiger partial charge is 0.111 e.